The minimum Gasteiger partial charge on any atom is -0.306 e. The van der Waals surface area contributed by atoms with Crippen molar-refractivity contribution in [3.63, 3.8) is 0 Å². The smallest absolute Gasteiger partial charge is 0.127 e. The second kappa shape index (κ2) is 4.68. The summed E-state index contributed by atoms with van der Waals surface area (Å²) in [5.41, 5.74) is 9.19. The standard InChI is InChI=1S/C17H14N4/c18-17(21-16-8-4-3-7-15(16)19-20-21)14-10-9-12-5-1-2-6-13(12)11-14/h1-11,17H,18H2. The average molecular weight is 274 g/mol. The number of para-hydroxylation sites is 1. The molecule has 0 saturated carbocycles. The number of aromatic nitrogens is 3. The van der Waals surface area contributed by atoms with Gasteiger partial charge < -0.3 is 5.73 Å². The number of rotatable bonds is 2. The Hall–Kier alpha value is -2.72. The highest BCUT2D eigenvalue weighted by Gasteiger charge is 2.13. The Bertz CT molecular complexity index is 926. The van der Waals surface area contributed by atoms with Crippen LogP contribution in [0.25, 0.3) is 21.8 Å². The van der Waals surface area contributed by atoms with Gasteiger partial charge in [0.05, 0.1) is 5.52 Å². The molecule has 0 fully saturated rings. The number of hydrogen-bond donors (Lipinski definition) is 1. The molecule has 0 radical (unpaired) electrons. The Morgan fingerprint density at radius 2 is 1.62 bits per heavy atom. The van der Waals surface area contributed by atoms with E-state index in [-0.39, 0.29) is 6.17 Å². The third kappa shape index (κ3) is 1.97. The highest BCUT2D eigenvalue weighted by molar-refractivity contribution is 5.83. The predicted molar refractivity (Wildman–Crippen MR) is 83.8 cm³/mol. The molecule has 21 heavy (non-hydrogen) atoms. The molecule has 0 bridgehead atoms. The minimum absolute atomic E-state index is 0.345. The Morgan fingerprint density at radius 1 is 0.857 bits per heavy atom. The quantitative estimate of drug-likeness (QED) is 0.611. The van der Waals surface area contributed by atoms with Gasteiger partial charge in [-0.25, -0.2) is 4.68 Å². The summed E-state index contributed by atoms with van der Waals surface area (Å²) in [6.07, 6.45) is -0.345. The number of nitrogens with zero attached hydrogens (tertiary/aromatic N) is 3. The lowest BCUT2D eigenvalue weighted by atomic mass is 10.1. The Labute approximate surface area is 121 Å². The molecule has 0 aliphatic heterocycles. The van der Waals surface area contributed by atoms with E-state index in [1.165, 1.54) is 10.8 Å². The molecule has 4 aromatic rings. The lowest BCUT2D eigenvalue weighted by Crippen LogP contribution is -2.21. The first kappa shape index (κ1) is 12.1. The van der Waals surface area contributed by atoms with Crippen molar-refractivity contribution >= 4 is 21.8 Å². The molecule has 0 aliphatic carbocycles. The highest BCUT2D eigenvalue weighted by Crippen LogP contribution is 2.22. The topological polar surface area (TPSA) is 56.7 Å². The molecule has 0 aliphatic rings. The zero-order valence-electron chi connectivity index (χ0n) is 11.3. The number of hydrogen-bond acceptors (Lipinski definition) is 3. The Kier molecular flexibility index (Phi) is 2.69. The molecule has 1 heterocycles. The van der Waals surface area contributed by atoms with Gasteiger partial charge in [-0.1, -0.05) is 53.7 Å². The third-order valence-corrected chi connectivity index (χ3v) is 3.76. The molecular formula is C17H14N4. The molecule has 4 nitrogen and oxygen atoms in total. The maximum Gasteiger partial charge on any atom is 0.127 e. The van der Waals surface area contributed by atoms with E-state index in [1.807, 2.05) is 42.5 Å². The number of fused-ring (bicyclic) bond motifs is 2. The summed E-state index contributed by atoms with van der Waals surface area (Å²) in [5, 5.41) is 10.7. The molecular weight excluding hydrogens is 260 g/mol. The zero-order valence-corrected chi connectivity index (χ0v) is 11.3. The van der Waals surface area contributed by atoms with Crippen LogP contribution in [0, 0.1) is 0 Å². The van der Waals surface area contributed by atoms with Crippen LogP contribution in [0.2, 0.25) is 0 Å². The van der Waals surface area contributed by atoms with Crippen LogP contribution in [0.5, 0.6) is 0 Å². The number of nitrogens with two attached hydrogens (primary N) is 1. The SMILES string of the molecule is NC(c1ccc2ccccc2c1)n1nnc2ccccc21. The molecule has 1 atom stereocenters. The van der Waals surface area contributed by atoms with Gasteiger partial charge in [0.1, 0.15) is 11.7 Å². The monoisotopic (exact) mass is 274 g/mol. The van der Waals surface area contributed by atoms with Crippen molar-refractivity contribution in [2.24, 2.45) is 5.73 Å². The van der Waals surface area contributed by atoms with Crippen molar-refractivity contribution in [3.8, 4) is 0 Å². The van der Waals surface area contributed by atoms with Gasteiger partial charge in [-0.2, -0.15) is 0 Å². The van der Waals surface area contributed by atoms with Gasteiger partial charge in [0.25, 0.3) is 0 Å². The van der Waals surface area contributed by atoms with Crippen LogP contribution in [-0.4, -0.2) is 15.0 Å². The summed E-state index contributed by atoms with van der Waals surface area (Å²) in [6, 6.07) is 22.3. The first-order valence-corrected chi connectivity index (χ1v) is 6.87. The molecule has 2 N–H and O–H groups in total. The molecule has 0 spiro atoms. The van der Waals surface area contributed by atoms with Crippen molar-refractivity contribution in [1.82, 2.24) is 15.0 Å². The van der Waals surface area contributed by atoms with Crippen LogP contribution >= 0.6 is 0 Å². The lowest BCUT2D eigenvalue weighted by Gasteiger charge is -2.13. The fourth-order valence-electron chi connectivity index (χ4n) is 2.63. The van der Waals surface area contributed by atoms with Crippen molar-refractivity contribution in [3.05, 3.63) is 72.3 Å². The van der Waals surface area contributed by atoms with Crippen LogP contribution in [0.3, 0.4) is 0 Å². The molecule has 4 rings (SSSR count). The van der Waals surface area contributed by atoms with Gasteiger partial charge in [0, 0.05) is 0 Å². The second-order valence-corrected chi connectivity index (χ2v) is 5.07. The Morgan fingerprint density at radius 3 is 2.52 bits per heavy atom. The third-order valence-electron chi connectivity index (χ3n) is 3.76. The molecule has 1 aromatic heterocycles. The minimum atomic E-state index is -0.345. The fourth-order valence-corrected chi connectivity index (χ4v) is 2.63. The van der Waals surface area contributed by atoms with E-state index >= 15 is 0 Å². The second-order valence-electron chi connectivity index (χ2n) is 5.07. The maximum atomic E-state index is 6.38. The predicted octanol–water partition coefficient (Wildman–Crippen LogP) is 3.09. The van der Waals surface area contributed by atoms with E-state index in [2.05, 4.69) is 34.6 Å². The molecule has 0 saturated heterocycles. The van der Waals surface area contributed by atoms with E-state index in [1.54, 1.807) is 4.68 Å². The summed E-state index contributed by atoms with van der Waals surface area (Å²) in [7, 11) is 0. The van der Waals surface area contributed by atoms with E-state index in [4.69, 9.17) is 5.73 Å². The highest BCUT2D eigenvalue weighted by atomic mass is 15.5. The van der Waals surface area contributed by atoms with E-state index in [9.17, 15) is 0 Å². The summed E-state index contributed by atoms with van der Waals surface area (Å²) in [5.74, 6) is 0. The van der Waals surface area contributed by atoms with Crippen molar-refractivity contribution in [1.29, 1.82) is 0 Å². The van der Waals surface area contributed by atoms with Crippen LogP contribution in [-0.2, 0) is 0 Å². The van der Waals surface area contributed by atoms with Gasteiger partial charge in [-0.3, -0.25) is 0 Å². The van der Waals surface area contributed by atoms with E-state index < -0.39 is 0 Å². The van der Waals surface area contributed by atoms with Gasteiger partial charge in [0.2, 0.25) is 0 Å². The summed E-state index contributed by atoms with van der Waals surface area (Å²) >= 11 is 0. The van der Waals surface area contributed by atoms with Gasteiger partial charge in [-0.15, -0.1) is 5.10 Å². The molecule has 4 heteroatoms. The van der Waals surface area contributed by atoms with Crippen LogP contribution in [0.15, 0.2) is 66.7 Å². The van der Waals surface area contributed by atoms with Gasteiger partial charge in [0.15, 0.2) is 0 Å². The van der Waals surface area contributed by atoms with Gasteiger partial charge >= 0.3 is 0 Å². The van der Waals surface area contributed by atoms with Crippen molar-refractivity contribution in [2.45, 2.75) is 6.17 Å². The van der Waals surface area contributed by atoms with E-state index in [0.717, 1.165) is 16.6 Å². The van der Waals surface area contributed by atoms with Gasteiger partial charge in [-0.05, 0) is 34.5 Å². The molecule has 102 valence electrons. The van der Waals surface area contributed by atoms with Crippen molar-refractivity contribution in [2.75, 3.05) is 0 Å². The molecule has 0 amide bonds. The average Bonchev–Trinajstić information content (AvgIpc) is 2.98. The van der Waals surface area contributed by atoms with Crippen LogP contribution in [0.1, 0.15) is 11.7 Å². The molecule has 1 unspecified atom stereocenters. The van der Waals surface area contributed by atoms with E-state index in [0.29, 0.717) is 0 Å². The normalized spacial score (nSPS) is 12.8. The largest absolute Gasteiger partial charge is 0.306 e. The zero-order chi connectivity index (χ0) is 14.2. The maximum absolute atomic E-state index is 6.38. The summed E-state index contributed by atoms with van der Waals surface area (Å²) in [6.45, 7) is 0. The lowest BCUT2D eigenvalue weighted by molar-refractivity contribution is 0.539. The fraction of sp³-hybridized carbons (Fsp3) is 0.0588. The summed E-state index contributed by atoms with van der Waals surface area (Å²) < 4.78 is 1.76. The van der Waals surface area contributed by atoms with Crippen LogP contribution in [0.4, 0.5) is 0 Å². The first-order chi connectivity index (χ1) is 10.3. The van der Waals surface area contributed by atoms with Crippen LogP contribution < -0.4 is 5.73 Å². The summed E-state index contributed by atoms with van der Waals surface area (Å²) in [4.78, 5) is 0. The first-order valence-electron chi connectivity index (χ1n) is 6.87. The van der Waals surface area contributed by atoms with Crippen molar-refractivity contribution < 1.29 is 0 Å². The number of benzene rings is 3. The Balaban J connectivity index is 1.83. The molecule has 3 aromatic carbocycles.